The molecule has 2 unspecified atom stereocenters. The number of hydrogen-bond donors (Lipinski definition) is 1. The van der Waals surface area contributed by atoms with Gasteiger partial charge in [-0.3, -0.25) is 14.4 Å². The molecule has 0 bridgehead atoms. The quantitative estimate of drug-likeness (QED) is 0.471. The summed E-state index contributed by atoms with van der Waals surface area (Å²) in [6.45, 7) is 7.86. The van der Waals surface area contributed by atoms with E-state index >= 15 is 0 Å². The van der Waals surface area contributed by atoms with Crippen molar-refractivity contribution in [3.8, 4) is 0 Å². The molecule has 3 atom stereocenters. The topological polar surface area (TPSA) is 105 Å². The zero-order valence-corrected chi connectivity index (χ0v) is 19.7. The number of hydrogen-bond acceptors (Lipinski definition) is 6. The third-order valence-electron chi connectivity index (χ3n) is 6.50. The van der Waals surface area contributed by atoms with Crippen molar-refractivity contribution in [2.45, 2.75) is 64.8 Å². The first-order chi connectivity index (χ1) is 15.7. The molecule has 3 amide bonds. The van der Waals surface area contributed by atoms with Gasteiger partial charge in [-0.15, -0.1) is 0 Å². The van der Waals surface area contributed by atoms with Crippen molar-refractivity contribution >= 4 is 23.9 Å². The molecule has 1 aromatic rings. The number of benzene rings is 1. The van der Waals surface area contributed by atoms with Crippen molar-refractivity contribution in [2.24, 2.45) is 5.92 Å². The Balaban J connectivity index is 1.67. The van der Waals surface area contributed by atoms with Gasteiger partial charge < -0.3 is 24.6 Å². The lowest BCUT2D eigenvalue weighted by Gasteiger charge is -2.56. The molecule has 1 aromatic carbocycles. The molecular weight excluding hydrogens is 426 g/mol. The van der Waals surface area contributed by atoms with Crippen LogP contribution in [0.1, 0.15) is 46.1 Å². The van der Waals surface area contributed by atoms with Gasteiger partial charge in [-0.2, -0.15) is 0 Å². The summed E-state index contributed by atoms with van der Waals surface area (Å²) in [5.74, 6) is -1.23. The van der Waals surface area contributed by atoms with Gasteiger partial charge in [0.15, 0.2) is 0 Å². The zero-order valence-electron chi connectivity index (χ0n) is 19.7. The molecule has 0 aromatic heterocycles. The van der Waals surface area contributed by atoms with Crippen LogP contribution in [0.2, 0.25) is 0 Å². The number of β-lactam (4-membered cyclic amide) rings is 1. The molecule has 3 rings (SSSR count). The number of amides is 3. The average molecular weight is 460 g/mol. The Morgan fingerprint density at radius 3 is 2.48 bits per heavy atom. The third-order valence-corrected chi connectivity index (χ3v) is 6.50. The summed E-state index contributed by atoms with van der Waals surface area (Å²) in [7, 11) is 0. The average Bonchev–Trinajstić information content (AvgIpc) is 3.27. The molecule has 9 nitrogen and oxygen atoms in total. The van der Waals surface area contributed by atoms with Crippen LogP contribution in [0.15, 0.2) is 30.3 Å². The molecule has 0 radical (unpaired) electrons. The zero-order chi connectivity index (χ0) is 24.2. The predicted octanol–water partition coefficient (Wildman–Crippen LogP) is 2.09. The number of likely N-dealkylation sites (tertiary alicyclic amines) is 2. The van der Waals surface area contributed by atoms with Gasteiger partial charge in [-0.25, -0.2) is 4.79 Å². The fraction of sp³-hybridized carbons (Fsp3) is 0.583. The van der Waals surface area contributed by atoms with Crippen molar-refractivity contribution in [3.05, 3.63) is 35.9 Å². The van der Waals surface area contributed by atoms with E-state index in [2.05, 4.69) is 5.32 Å². The normalized spacial score (nSPS) is 22.8. The Hall–Kier alpha value is -3.10. The first-order valence-electron chi connectivity index (χ1n) is 11.5. The molecule has 0 saturated carbocycles. The number of nitrogens with one attached hydrogen (secondary N) is 1. The van der Waals surface area contributed by atoms with Gasteiger partial charge in [0.25, 0.3) is 5.91 Å². The highest BCUT2D eigenvalue weighted by Crippen LogP contribution is 2.44. The standard InChI is InChI=1S/C24H33N3O6/c1-5-32-19(28)14-26-17(4)24(22(26)30)12-9-13-27(24)21(29)20(16(2)3)25-23(31)33-15-18-10-7-6-8-11-18/h6-8,10-11,16-17,20H,5,9,12-15H2,1-4H3,(H,25,31)/t17?,20-,24?/m0/s1. The minimum Gasteiger partial charge on any atom is -0.465 e. The highest BCUT2D eigenvalue weighted by atomic mass is 16.5. The third kappa shape index (κ3) is 4.82. The molecule has 1 N–H and O–H groups in total. The van der Waals surface area contributed by atoms with Crippen molar-refractivity contribution in [1.29, 1.82) is 0 Å². The Morgan fingerprint density at radius 2 is 1.88 bits per heavy atom. The molecular formula is C24H33N3O6. The molecule has 2 saturated heterocycles. The molecule has 2 aliphatic rings. The van der Waals surface area contributed by atoms with E-state index in [0.717, 1.165) is 5.56 Å². The highest BCUT2D eigenvalue weighted by Gasteiger charge is 2.65. The van der Waals surface area contributed by atoms with Gasteiger partial charge in [0, 0.05) is 6.54 Å². The van der Waals surface area contributed by atoms with E-state index in [1.807, 2.05) is 51.1 Å². The SMILES string of the molecule is CCOC(=O)CN1C(=O)C2(CCCN2C(=O)[C@@H](NC(=O)OCc2ccccc2)C(C)C)C1C. The van der Waals surface area contributed by atoms with Crippen LogP contribution in [0.3, 0.4) is 0 Å². The fourth-order valence-electron chi connectivity index (χ4n) is 4.73. The summed E-state index contributed by atoms with van der Waals surface area (Å²) in [5.41, 5.74) is -0.138. The smallest absolute Gasteiger partial charge is 0.408 e. The fourth-order valence-corrected chi connectivity index (χ4v) is 4.73. The second-order valence-electron chi connectivity index (χ2n) is 8.86. The second kappa shape index (κ2) is 10.2. The van der Waals surface area contributed by atoms with Crippen LogP contribution in [-0.2, 0) is 30.5 Å². The van der Waals surface area contributed by atoms with Gasteiger partial charge >= 0.3 is 12.1 Å². The van der Waals surface area contributed by atoms with Crippen molar-refractivity contribution in [1.82, 2.24) is 15.1 Å². The van der Waals surface area contributed by atoms with Crippen LogP contribution >= 0.6 is 0 Å². The Labute approximate surface area is 194 Å². The van der Waals surface area contributed by atoms with E-state index in [0.29, 0.717) is 19.4 Å². The number of esters is 1. The van der Waals surface area contributed by atoms with E-state index in [1.165, 1.54) is 4.90 Å². The predicted molar refractivity (Wildman–Crippen MR) is 120 cm³/mol. The van der Waals surface area contributed by atoms with Crippen LogP contribution in [0.4, 0.5) is 4.79 Å². The Morgan fingerprint density at radius 1 is 1.18 bits per heavy atom. The van der Waals surface area contributed by atoms with E-state index in [1.54, 1.807) is 11.8 Å². The summed E-state index contributed by atoms with van der Waals surface area (Å²) in [5, 5.41) is 2.69. The molecule has 2 fully saturated rings. The Bertz CT molecular complexity index is 889. The first-order valence-corrected chi connectivity index (χ1v) is 11.5. The van der Waals surface area contributed by atoms with Crippen molar-refractivity contribution in [2.75, 3.05) is 19.7 Å². The minimum atomic E-state index is -0.980. The van der Waals surface area contributed by atoms with Gasteiger partial charge in [0.1, 0.15) is 24.7 Å². The molecule has 180 valence electrons. The Kier molecular flexibility index (Phi) is 7.61. The van der Waals surface area contributed by atoms with Gasteiger partial charge in [-0.05, 0) is 38.2 Å². The van der Waals surface area contributed by atoms with Crippen LogP contribution in [-0.4, -0.2) is 71.0 Å². The minimum absolute atomic E-state index is 0.0949. The van der Waals surface area contributed by atoms with Gasteiger partial charge in [0.05, 0.1) is 12.6 Å². The van der Waals surface area contributed by atoms with Gasteiger partial charge in [-0.1, -0.05) is 44.2 Å². The second-order valence-corrected chi connectivity index (χ2v) is 8.86. The van der Waals surface area contributed by atoms with Crippen molar-refractivity contribution in [3.63, 3.8) is 0 Å². The molecule has 9 heteroatoms. The monoisotopic (exact) mass is 459 g/mol. The molecule has 1 spiro atoms. The maximum Gasteiger partial charge on any atom is 0.408 e. The maximum absolute atomic E-state index is 13.5. The van der Waals surface area contributed by atoms with Crippen LogP contribution in [0.5, 0.6) is 0 Å². The number of rotatable bonds is 8. The summed E-state index contributed by atoms with van der Waals surface area (Å²) < 4.78 is 10.3. The van der Waals surface area contributed by atoms with Gasteiger partial charge in [0.2, 0.25) is 5.91 Å². The number of carbonyl (C=O) groups is 4. The van der Waals surface area contributed by atoms with Crippen LogP contribution in [0.25, 0.3) is 0 Å². The largest absolute Gasteiger partial charge is 0.465 e. The highest BCUT2D eigenvalue weighted by molar-refractivity contribution is 6.01. The lowest BCUT2D eigenvalue weighted by Crippen LogP contribution is -2.79. The lowest BCUT2D eigenvalue weighted by molar-refractivity contribution is -0.181. The molecule has 2 aliphatic heterocycles. The summed E-state index contributed by atoms with van der Waals surface area (Å²) in [4.78, 5) is 54.0. The lowest BCUT2D eigenvalue weighted by atomic mass is 9.77. The molecule has 33 heavy (non-hydrogen) atoms. The first kappa shape index (κ1) is 24.5. The number of carbonyl (C=O) groups excluding carboxylic acids is 4. The summed E-state index contributed by atoms with van der Waals surface area (Å²) >= 11 is 0. The van der Waals surface area contributed by atoms with Crippen molar-refractivity contribution < 1.29 is 28.7 Å². The number of nitrogens with zero attached hydrogens (tertiary/aromatic N) is 2. The van der Waals surface area contributed by atoms with E-state index < -0.39 is 23.6 Å². The van der Waals surface area contributed by atoms with Crippen LogP contribution in [0, 0.1) is 5.92 Å². The summed E-state index contributed by atoms with van der Waals surface area (Å²) in [6.07, 6.45) is 0.524. The number of alkyl carbamates (subject to hydrolysis) is 1. The molecule has 2 heterocycles. The van der Waals surface area contributed by atoms with E-state index in [4.69, 9.17) is 9.47 Å². The van der Waals surface area contributed by atoms with E-state index in [9.17, 15) is 19.2 Å². The van der Waals surface area contributed by atoms with Crippen LogP contribution < -0.4 is 5.32 Å². The summed E-state index contributed by atoms with van der Waals surface area (Å²) in [6, 6.07) is 8.12. The number of ether oxygens (including phenoxy) is 2. The maximum atomic E-state index is 13.5. The van der Waals surface area contributed by atoms with E-state index in [-0.39, 0.29) is 43.5 Å². The molecule has 0 aliphatic carbocycles.